The molecule has 0 bridgehead atoms. The van der Waals surface area contributed by atoms with Crippen LogP contribution in [0.1, 0.15) is 44.6 Å². The second-order valence-corrected chi connectivity index (χ2v) is 4.96. The maximum Gasteiger partial charge on any atom is 0.126 e. The first kappa shape index (κ1) is 11.4. The van der Waals surface area contributed by atoms with Crippen LogP contribution in [-0.4, -0.2) is 4.98 Å². The second kappa shape index (κ2) is 5.33. The predicted molar refractivity (Wildman–Crippen MR) is 68.1 cm³/mol. The lowest BCUT2D eigenvalue weighted by molar-refractivity contribution is 0.229. The third-order valence-electron chi connectivity index (χ3n) is 4.00. The van der Waals surface area contributed by atoms with Gasteiger partial charge in [-0.25, -0.2) is 4.98 Å². The highest BCUT2D eigenvalue weighted by molar-refractivity contribution is 5.38. The third kappa shape index (κ3) is 2.55. The molecule has 1 fully saturated rings. The fraction of sp³-hybridized carbons (Fsp3) is 0.643. The Morgan fingerprint density at radius 2 is 2.06 bits per heavy atom. The van der Waals surface area contributed by atoms with Gasteiger partial charge in [0.2, 0.25) is 0 Å². The quantitative estimate of drug-likeness (QED) is 0.844. The Morgan fingerprint density at radius 1 is 1.31 bits per heavy atom. The van der Waals surface area contributed by atoms with Crippen molar-refractivity contribution >= 4 is 5.82 Å². The van der Waals surface area contributed by atoms with Gasteiger partial charge < -0.3 is 5.73 Å². The molecule has 2 N–H and O–H groups in total. The number of nitrogen functional groups attached to an aromatic ring is 1. The van der Waals surface area contributed by atoms with Crippen LogP contribution in [0, 0.1) is 11.8 Å². The van der Waals surface area contributed by atoms with E-state index in [-0.39, 0.29) is 0 Å². The third-order valence-corrected chi connectivity index (χ3v) is 4.00. The Kier molecular flexibility index (Phi) is 3.81. The van der Waals surface area contributed by atoms with Crippen molar-refractivity contribution in [3.63, 3.8) is 0 Å². The average molecular weight is 218 g/mol. The number of rotatable bonds is 3. The first-order valence-corrected chi connectivity index (χ1v) is 6.50. The van der Waals surface area contributed by atoms with Crippen LogP contribution >= 0.6 is 0 Å². The summed E-state index contributed by atoms with van der Waals surface area (Å²) in [6.07, 6.45) is 9.78. The molecule has 0 amide bonds. The summed E-state index contributed by atoms with van der Waals surface area (Å²) in [5.74, 6) is 2.45. The molecule has 2 unspecified atom stereocenters. The van der Waals surface area contributed by atoms with Gasteiger partial charge in [0.05, 0.1) is 0 Å². The van der Waals surface area contributed by atoms with Crippen LogP contribution in [0.5, 0.6) is 0 Å². The fourth-order valence-electron chi connectivity index (χ4n) is 3.00. The number of anilines is 1. The summed E-state index contributed by atoms with van der Waals surface area (Å²) in [5, 5.41) is 0. The smallest absolute Gasteiger partial charge is 0.126 e. The zero-order valence-electron chi connectivity index (χ0n) is 10.2. The highest BCUT2D eigenvalue weighted by atomic mass is 14.8. The van der Waals surface area contributed by atoms with Gasteiger partial charge >= 0.3 is 0 Å². The van der Waals surface area contributed by atoms with Crippen LogP contribution in [0.3, 0.4) is 0 Å². The zero-order chi connectivity index (χ0) is 11.4. The van der Waals surface area contributed by atoms with Gasteiger partial charge in [-0.1, -0.05) is 38.7 Å². The number of aromatic nitrogens is 1. The van der Waals surface area contributed by atoms with E-state index in [1.54, 1.807) is 6.20 Å². The molecule has 1 aromatic heterocycles. The van der Waals surface area contributed by atoms with Crippen molar-refractivity contribution in [2.45, 2.75) is 45.4 Å². The molecule has 0 radical (unpaired) electrons. The summed E-state index contributed by atoms with van der Waals surface area (Å²) in [4.78, 5) is 4.17. The summed E-state index contributed by atoms with van der Waals surface area (Å²) in [6, 6.07) is 4.12. The molecule has 0 aliphatic heterocycles. The van der Waals surface area contributed by atoms with E-state index in [4.69, 9.17) is 5.73 Å². The predicted octanol–water partition coefficient (Wildman–Crippen LogP) is 3.42. The summed E-state index contributed by atoms with van der Waals surface area (Å²) < 4.78 is 0. The molecule has 1 aromatic rings. The number of nitrogens with two attached hydrogens (primary N) is 1. The monoisotopic (exact) mass is 218 g/mol. The second-order valence-electron chi connectivity index (χ2n) is 4.96. The van der Waals surface area contributed by atoms with E-state index < -0.39 is 0 Å². The Hall–Kier alpha value is -1.05. The lowest BCUT2D eigenvalue weighted by Crippen LogP contribution is -2.21. The minimum absolute atomic E-state index is 0.725. The van der Waals surface area contributed by atoms with Gasteiger partial charge in [-0.15, -0.1) is 0 Å². The maximum atomic E-state index is 5.91. The molecule has 1 saturated carbocycles. The van der Waals surface area contributed by atoms with E-state index >= 15 is 0 Å². The summed E-state index contributed by atoms with van der Waals surface area (Å²) >= 11 is 0. The number of pyridine rings is 1. The Balaban J connectivity index is 2.05. The van der Waals surface area contributed by atoms with Gasteiger partial charge in [0.1, 0.15) is 5.82 Å². The maximum absolute atomic E-state index is 5.91. The molecule has 2 atom stereocenters. The van der Waals surface area contributed by atoms with Crippen LogP contribution in [0.25, 0.3) is 0 Å². The number of hydrogen-bond acceptors (Lipinski definition) is 2. The van der Waals surface area contributed by atoms with Gasteiger partial charge in [0, 0.05) is 6.20 Å². The summed E-state index contributed by atoms with van der Waals surface area (Å²) in [6.45, 7) is 2.32. The number of hydrogen-bond donors (Lipinski definition) is 1. The van der Waals surface area contributed by atoms with Crippen molar-refractivity contribution in [1.29, 1.82) is 0 Å². The van der Waals surface area contributed by atoms with E-state index in [1.807, 2.05) is 6.07 Å². The number of nitrogens with zero attached hydrogens (tertiary/aromatic N) is 1. The lowest BCUT2D eigenvalue weighted by Gasteiger charge is -2.31. The van der Waals surface area contributed by atoms with Gasteiger partial charge in [0.15, 0.2) is 0 Å². The van der Waals surface area contributed by atoms with Crippen molar-refractivity contribution in [3.05, 3.63) is 23.9 Å². The molecule has 2 nitrogen and oxygen atoms in total. The Bertz CT molecular complexity index is 335. The van der Waals surface area contributed by atoms with Crippen LogP contribution in [0.4, 0.5) is 5.82 Å². The van der Waals surface area contributed by atoms with Crippen LogP contribution < -0.4 is 5.73 Å². The standard InChI is InChI=1S/C14H22N2/c1-2-11-6-3-4-7-12(11)10-13-8-5-9-16-14(13)15/h5,8-9,11-12H,2-4,6-7,10H2,1H3,(H2,15,16). The van der Waals surface area contributed by atoms with Crippen molar-refractivity contribution < 1.29 is 0 Å². The molecule has 0 saturated heterocycles. The first-order chi connectivity index (χ1) is 7.81. The largest absolute Gasteiger partial charge is 0.383 e. The molecular weight excluding hydrogens is 196 g/mol. The zero-order valence-corrected chi connectivity index (χ0v) is 10.2. The molecule has 88 valence electrons. The van der Waals surface area contributed by atoms with Crippen LogP contribution in [0.15, 0.2) is 18.3 Å². The van der Waals surface area contributed by atoms with E-state index in [9.17, 15) is 0 Å². The molecule has 2 heteroatoms. The Labute approximate surface area is 98.3 Å². The fourth-order valence-corrected chi connectivity index (χ4v) is 3.00. The molecule has 1 aliphatic carbocycles. The summed E-state index contributed by atoms with van der Waals surface area (Å²) in [7, 11) is 0. The van der Waals surface area contributed by atoms with Crippen molar-refractivity contribution in [3.8, 4) is 0 Å². The minimum Gasteiger partial charge on any atom is -0.383 e. The van der Waals surface area contributed by atoms with Gasteiger partial charge in [0.25, 0.3) is 0 Å². The van der Waals surface area contributed by atoms with Gasteiger partial charge in [-0.2, -0.15) is 0 Å². The highest BCUT2D eigenvalue weighted by Gasteiger charge is 2.24. The van der Waals surface area contributed by atoms with Gasteiger partial charge in [-0.05, 0) is 36.3 Å². The topological polar surface area (TPSA) is 38.9 Å². The van der Waals surface area contributed by atoms with E-state index in [0.717, 1.165) is 24.1 Å². The SMILES string of the molecule is CCC1CCCCC1Cc1cccnc1N. The molecule has 2 rings (SSSR count). The lowest BCUT2D eigenvalue weighted by atomic mass is 9.75. The normalized spacial score (nSPS) is 25.6. The molecule has 0 spiro atoms. The molecule has 1 heterocycles. The molecular formula is C14H22N2. The first-order valence-electron chi connectivity index (χ1n) is 6.50. The molecule has 16 heavy (non-hydrogen) atoms. The van der Waals surface area contributed by atoms with Crippen LogP contribution in [0.2, 0.25) is 0 Å². The van der Waals surface area contributed by atoms with Crippen LogP contribution in [-0.2, 0) is 6.42 Å². The van der Waals surface area contributed by atoms with Crippen molar-refractivity contribution in [2.24, 2.45) is 11.8 Å². The van der Waals surface area contributed by atoms with E-state index in [0.29, 0.717) is 0 Å². The van der Waals surface area contributed by atoms with Crippen molar-refractivity contribution in [2.75, 3.05) is 5.73 Å². The van der Waals surface area contributed by atoms with Crippen molar-refractivity contribution in [1.82, 2.24) is 4.98 Å². The Morgan fingerprint density at radius 3 is 2.75 bits per heavy atom. The molecule has 1 aliphatic rings. The highest BCUT2D eigenvalue weighted by Crippen LogP contribution is 2.35. The summed E-state index contributed by atoms with van der Waals surface area (Å²) in [5.41, 5.74) is 7.16. The van der Waals surface area contributed by atoms with Gasteiger partial charge in [-0.3, -0.25) is 0 Å². The molecule has 0 aromatic carbocycles. The average Bonchev–Trinajstić information content (AvgIpc) is 2.33. The van der Waals surface area contributed by atoms with E-state index in [1.165, 1.54) is 37.7 Å². The minimum atomic E-state index is 0.725. The van der Waals surface area contributed by atoms with E-state index in [2.05, 4.69) is 18.0 Å².